The van der Waals surface area contributed by atoms with E-state index in [9.17, 15) is 43.4 Å². The molecule has 2 aliphatic heterocycles. The molecule has 0 unspecified atom stereocenters. The van der Waals surface area contributed by atoms with E-state index in [1.165, 1.54) is 20.1 Å². The Balaban J connectivity index is 1.72. The number of fused-ring (bicyclic) bond motifs is 1. The van der Waals surface area contributed by atoms with Crippen molar-refractivity contribution in [3.63, 3.8) is 0 Å². The fourth-order valence-electron chi connectivity index (χ4n) is 9.90. The van der Waals surface area contributed by atoms with Gasteiger partial charge in [0, 0.05) is 30.9 Å². The number of esters is 1. The van der Waals surface area contributed by atoms with Gasteiger partial charge in [0.1, 0.15) is 35.7 Å². The minimum absolute atomic E-state index is 0.00126. The van der Waals surface area contributed by atoms with Crippen LogP contribution in [-0.4, -0.2) is 108 Å². The average Bonchev–Trinajstić information content (AvgIpc) is 3.54. The molecule has 348 valence electrons. The summed E-state index contributed by atoms with van der Waals surface area (Å²) in [6, 6.07) is 4.46. The first-order valence-electron chi connectivity index (χ1n) is 21.3. The second-order valence-corrected chi connectivity index (χ2v) is 18.1. The molecule has 0 spiro atoms. The van der Waals surface area contributed by atoms with Crippen LogP contribution in [0.2, 0.25) is 0 Å². The molecule has 1 N–H and O–H groups in total. The van der Waals surface area contributed by atoms with Crippen molar-refractivity contribution in [1.82, 2.24) is 10.2 Å². The first kappa shape index (κ1) is 49.0. The Morgan fingerprint density at radius 2 is 1.43 bits per heavy atom. The number of benzene rings is 2. The van der Waals surface area contributed by atoms with Gasteiger partial charge in [-0.1, -0.05) is 34.6 Å². The molecule has 14 atom stereocenters. The van der Waals surface area contributed by atoms with Crippen molar-refractivity contribution in [1.29, 1.82) is 0 Å². The quantitative estimate of drug-likeness (QED) is 0.135. The third-order valence-electron chi connectivity index (χ3n) is 13.3. The number of cyclic esters (lactones) is 1. The van der Waals surface area contributed by atoms with Crippen molar-refractivity contribution in [2.75, 3.05) is 21.2 Å². The molecule has 2 aromatic rings. The van der Waals surface area contributed by atoms with Crippen LogP contribution in [0.4, 0.5) is 25.0 Å². The van der Waals surface area contributed by atoms with Gasteiger partial charge in [0.15, 0.2) is 17.1 Å². The van der Waals surface area contributed by atoms with Crippen LogP contribution in [0.1, 0.15) is 81.1 Å². The monoisotopic (exact) mass is 890 g/mol. The van der Waals surface area contributed by atoms with Crippen LogP contribution in [0.25, 0.3) is 0 Å². The van der Waals surface area contributed by atoms with Gasteiger partial charge in [-0.2, -0.15) is 0 Å². The Morgan fingerprint density at radius 3 is 1.94 bits per heavy atom. The lowest BCUT2D eigenvalue weighted by Gasteiger charge is -2.49. The van der Waals surface area contributed by atoms with E-state index in [0.717, 1.165) is 24.3 Å². The second-order valence-electron chi connectivity index (χ2n) is 18.1. The standard InChI is InChI=1S/C44H60F2N4O13/c1-12-35-44(8)39(47-42(53)63-44)24(4)36(51)23(3)21-43(7,58-11)40(25(5)37(26(6)41(52)62-35)59-32-15-13-27(45)19-29(32)49(54)55)61-34-18-22(2)17-31(48(9)10)38(34)60-33-16-14-28(46)20-30(33)50(56)57/h13-16,19-20,22-26,31,34-35,37-40H,12,17-18,21H2,1-11H3,(H,47,53)/t22-,23-,24+,25+,26-,31+,34-,35-,37+,38-,39-,40-,43-,44-/m1/s1. The number of halogens is 2. The first-order chi connectivity index (χ1) is 29.5. The highest BCUT2D eigenvalue weighted by atomic mass is 19.1. The third kappa shape index (κ3) is 10.2. The lowest BCUT2D eigenvalue weighted by Crippen LogP contribution is -2.61. The Bertz CT molecular complexity index is 2040. The van der Waals surface area contributed by atoms with Crippen molar-refractivity contribution in [2.24, 2.45) is 29.6 Å². The summed E-state index contributed by atoms with van der Waals surface area (Å²) in [7, 11) is 5.08. The molecule has 2 aromatic carbocycles. The molecule has 1 aliphatic carbocycles. The molecule has 1 amide bonds. The van der Waals surface area contributed by atoms with E-state index >= 15 is 0 Å². The highest BCUT2D eigenvalue weighted by molar-refractivity contribution is 5.85. The molecule has 63 heavy (non-hydrogen) atoms. The number of nitro groups is 2. The van der Waals surface area contributed by atoms with Crippen molar-refractivity contribution >= 4 is 29.2 Å². The van der Waals surface area contributed by atoms with Gasteiger partial charge in [0.2, 0.25) is 0 Å². The molecule has 0 bridgehead atoms. The van der Waals surface area contributed by atoms with E-state index in [4.69, 9.17) is 28.4 Å². The Hall–Kier alpha value is -5.01. The lowest BCUT2D eigenvalue weighted by molar-refractivity contribution is -0.386. The molecule has 0 radical (unpaired) electrons. The summed E-state index contributed by atoms with van der Waals surface area (Å²) in [4.78, 5) is 66.8. The van der Waals surface area contributed by atoms with Crippen LogP contribution in [0, 0.1) is 61.5 Å². The van der Waals surface area contributed by atoms with E-state index in [-0.39, 0.29) is 36.0 Å². The average molecular weight is 891 g/mol. The highest BCUT2D eigenvalue weighted by Gasteiger charge is 2.58. The summed E-state index contributed by atoms with van der Waals surface area (Å²) < 4.78 is 67.3. The number of carbonyl (C=O) groups is 3. The van der Waals surface area contributed by atoms with E-state index < -0.39 is 122 Å². The molecule has 3 fully saturated rings. The predicted octanol–water partition coefficient (Wildman–Crippen LogP) is 7.20. The minimum atomic E-state index is -1.50. The number of nitrogens with one attached hydrogen (secondary N) is 1. The number of rotatable bonds is 11. The molecule has 17 nitrogen and oxygen atoms in total. The Labute approximate surface area is 365 Å². The van der Waals surface area contributed by atoms with Gasteiger partial charge in [-0.3, -0.25) is 29.8 Å². The van der Waals surface area contributed by atoms with Crippen LogP contribution < -0.4 is 14.8 Å². The molecule has 2 heterocycles. The zero-order chi connectivity index (χ0) is 46.9. The highest BCUT2D eigenvalue weighted by Crippen LogP contribution is 2.44. The fraction of sp³-hybridized carbons (Fsp3) is 0.659. The van der Waals surface area contributed by atoms with Gasteiger partial charge in [-0.15, -0.1) is 0 Å². The van der Waals surface area contributed by atoms with Crippen LogP contribution in [0.3, 0.4) is 0 Å². The zero-order valence-corrected chi connectivity index (χ0v) is 37.6. The Kier molecular flexibility index (Phi) is 15.1. The summed E-state index contributed by atoms with van der Waals surface area (Å²) in [5.74, 6) is -7.21. The molecule has 3 aliphatic rings. The molecule has 0 aromatic heterocycles. The largest absolute Gasteiger partial charge is 0.482 e. The summed E-state index contributed by atoms with van der Waals surface area (Å²) in [5, 5.41) is 27.2. The van der Waals surface area contributed by atoms with Crippen molar-refractivity contribution < 1.29 is 61.4 Å². The summed E-state index contributed by atoms with van der Waals surface area (Å²) in [5.41, 5.74) is -4.23. The van der Waals surface area contributed by atoms with Crippen molar-refractivity contribution in [3.8, 4) is 11.5 Å². The maximum atomic E-state index is 14.5. The predicted molar refractivity (Wildman–Crippen MR) is 223 cm³/mol. The Morgan fingerprint density at radius 1 is 0.873 bits per heavy atom. The van der Waals surface area contributed by atoms with E-state index in [1.807, 2.05) is 25.9 Å². The fourth-order valence-corrected chi connectivity index (χ4v) is 9.90. The molecular weight excluding hydrogens is 830 g/mol. The van der Waals surface area contributed by atoms with Gasteiger partial charge in [0.05, 0.1) is 51.7 Å². The van der Waals surface area contributed by atoms with Crippen LogP contribution in [0.5, 0.6) is 11.5 Å². The number of nitro benzene ring substituents is 2. The smallest absolute Gasteiger partial charge is 0.408 e. The van der Waals surface area contributed by atoms with Gasteiger partial charge >= 0.3 is 23.4 Å². The number of amides is 1. The SMILES string of the molecule is CC[C@H]1OC(=O)[C@H](C)[C@@H](Oc2ccc(F)cc2[N+](=O)[O-])[C@H](C)[C@@H](O[C@@H]2C[C@H](C)C[C@H](N(C)C)[C@H]2Oc2ccc(F)cc2[N+](=O)[O-])[C@](C)(OC)C[C@@H](C)C(=O)[C@H](C)[C@H]2NC(=O)O[C@@]21C. The number of hydrogen-bond acceptors (Lipinski definition) is 14. The van der Waals surface area contributed by atoms with Gasteiger partial charge in [-0.05, 0) is 90.7 Å². The summed E-state index contributed by atoms with van der Waals surface area (Å²) in [6.07, 6.45) is -5.06. The summed E-state index contributed by atoms with van der Waals surface area (Å²) in [6.45, 7) is 13.7. The van der Waals surface area contributed by atoms with Crippen LogP contribution in [-0.2, 0) is 28.5 Å². The lowest BCUT2D eigenvalue weighted by atomic mass is 9.73. The topological polar surface area (TPSA) is 208 Å². The number of ketones is 1. The normalized spacial score (nSPS) is 35.4. The van der Waals surface area contributed by atoms with Crippen LogP contribution in [0.15, 0.2) is 36.4 Å². The van der Waals surface area contributed by atoms with Crippen molar-refractivity contribution in [3.05, 3.63) is 68.3 Å². The van der Waals surface area contributed by atoms with Gasteiger partial charge < -0.3 is 38.6 Å². The molecule has 5 rings (SSSR count). The van der Waals surface area contributed by atoms with Gasteiger partial charge in [0.25, 0.3) is 0 Å². The number of hydrogen-bond donors (Lipinski definition) is 1. The number of nitrogens with zero attached hydrogens (tertiary/aromatic N) is 3. The maximum Gasteiger partial charge on any atom is 0.408 e. The van der Waals surface area contributed by atoms with Crippen LogP contribution >= 0.6 is 0 Å². The number of ether oxygens (including phenoxy) is 6. The van der Waals surface area contributed by atoms with E-state index in [0.29, 0.717) is 18.9 Å². The molecule has 1 saturated carbocycles. The number of Topliss-reactive ketones (excluding diaryl/α,β-unsaturated/α-hetero) is 1. The summed E-state index contributed by atoms with van der Waals surface area (Å²) >= 11 is 0. The minimum Gasteiger partial charge on any atom is -0.482 e. The second kappa shape index (κ2) is 19.4. The molecular formula is C44H60F2N4O13. The van der Waals surface area contributed by atoms with Crippen molar-refractivity contribution in [2.45, 2.75) is 135 Å². The zero-order valence-electron chi connectivity index (χ0n) is 37.6. The van der Waals surface area contributed by atoms with Gasteiger partial charge in [-0.25, -0.2) is 13.6 Å². The van der Waals surface area contributed by atoms with E-state index in [1.54, 1.807) is 41.5 Å². The maximum absolute atomic E-state index is 14.5. The number of carbonyl (C=O) groups excluding carboxylic acids is 3. The molecule has 2 saturated heterocycles. The third-order valence-corrected chi connectivity index (χ3v) is 13.3. The molecule has 19 heteroatoms. The number of alkyl carbamates (subject to hydrolysis) is 1. The first-order valence-corrected chi connectivity index (χ1v) is 21.3. The van der Waals surface area contributed by atoms with E-state index in [2.05, 4.69) is 5.32 Å². The number of methoxy groups -OCH3 is 1. The number of likely N-dealkylation sites (N-methyl/N-ethyl adjacent to an activating group) is 1.